The second-order valence-corrected chi connectivity index (χ2v) is 10.4. The lowest BCUT2D eigenvalue weighted by Gasteiger charge is -2.22. The van der Waals surface area contributed by atoms with Gasteiger partial charge in [-0.25, -0.2) is 36.5 Å². The minimum atomic E-state index is -4.05. The maximum atomic E-state index is 14.4. The smallest absolute Gasteiger partial charge is 0.328 e. The fraction of sp³-hybridized carbons (Fsp3) is 0.182. The summed E-state index contributed by atoms with van der Waals surface area (Å²) in [5, 5.41) is 12.4. The zero-order chi connectivity index (χ0) is 24.8. The number of nitrogens with zero attached hydrogens (tertiary/aromatic N) is 4. The van der Waals surface area contributed by atoms with E-state index in [0.29, 0.717) is 5.39 Å². The Bertz CT molecular complexity index is 1540. The molecule has 0 aliphatic rings. The standard InChI is InChI=1S/C22H19ClFN5O4S/c1-12-4-6-14(7-5-12)34(32,33)29-11-16(15-8-13(23)9-26-20(15)29)18-25-10-17(24)19(27-18)28-22(2,3)21(30)31/h4-11H,1-3H3,(H,30,31)(H,25,27,28). The van der Waals surface area contributed by atoms with Crippen molar-refractivity contribution in [1.29, 1.82) is 0 Å². The van der Waals surface area contributed by atoms with E-state index in [4.69, 9.17) is 11.6 Å². The average Bonchev–Trinajstić information content (AvgIpc) is 3.15. The number of pyridine rings is 1. The van der Waals surface area contributed by atoms with E-state index in [0.717, 1.165) is 15.7 Å². The second kappa shape index (κ2) is 8.33. The summed E-state index contributed by atoms with van der Waals surface area (Å²) < 4.78 is 42.1. The third kappa shape index (κ3) is 4.19. The van der Waals surface area contributed by atoms with Gasteiger partial charge in [0, 0.05) is 23.3 Å². The molecule has 176 valence electrons. The molecule has 0 atom stereocenters. The van der Waals surface area contributed by atoms with Crippen LogP contribution in [0.5, 0.6) is 0 Å². The Labute approximate surface area is 199 Å². The third-order valence-electron chi connectivity index (χ3n) is 5.11. The first-order valence-corrected chi connectivity index (χ1v) is 11.8. The van der Waals surface area contributed by atoms with Gasteiger partial charge in [0.15, 0.2) is 23.1 Å². The van der Waals surface area contributed by atoms with Gasteiger partial charge in [0.2, 0.25) is 0 Å². The molecule has 9 nitrogen and oxygen atoms in total. The van der Waals surface area contributed by atoms with Gasteiger partial charge in [0.1, 0.15) is 5.54 Å². The molecule has 0 saturated carbocycles. The number of anilines is 1. The summed E-state index contributed by atoms with van der Waals surface area (Å²) in [6.45, 7) is 4.53. The number of nitrogens with one attached hydrogen (secondary N) is 1. The first-order chi connectivity index (χ1) is 15.9. The zero-order valence-electron chi connectivity index (χ0n) is 18.2. The molecule has 34 heavy (non-hydrogen) atoms. The summed E-state index contributed by atoms with van der Waals surface area (Å²) >= 11 is 6.11. The monoisotopic (exact) mass is 503 g/mol. The number of carboxylic acid groups (broad SMARTS) is 1. The molecule has 0 radical (unpaired) electrons. The Morgan fingerprint density at radius 1 is 1.18 bits per heavy atom. The highest BCUT2D eigenvalue weighted by Gasteiger charge is 2.29. The van der Waals surface area contributed by atoms with Crippen LogP contribution in [-0.4, -0.2) is 44.0 Å². The number of fused-ring (bicyclic) bond motifs is 1. The fourth-order valence-corrected chi connectivity index (χ4v) is 4.66. The summed E-state index contributed by atoms with van der Waals surface area (Å²) in [6, 6.07) is 7.82. The number of carboxylic acids is 1. The van der Waals surface area contributed by atoms with Crippen LogP contribution in [0.2, 0.25) is 5.02 Å². The lowest BCUT2D eigenvalue weighted by atomic mass is 10.1. The molecule has 4 aromatic rings. The molecular formula is C22H19ClFN5O4S. The van der Waals surface area contributed by atoms with E-state index in [9.17, 15) is 22.7 Å². The molecule has 12 heteroatoms. The highest BCUT2D eigenvalue weighted by atomic mass is 35.5. The van der Waals surface area contributed by atoms with Crippen LogP contribution < -0.4 is 5.32 Å². The van der Waals surface area contributed by atoms with Crippen LogP contribution in [0.4, 0.5) is 10.2 Å². The number of benzene rings is 1. The number of hydrogen-bond donors (Lipinski definition) is 2. The second-order valence-electron chi connectivity index (χ2n) is 8.13. The predicted octanol–water partition coefficient (Wildman–Crippen LogP) is 4.11. The number of aliphatic carboxylic acids is 1. The normalized spacial score (nSPS) is 12.1. The number of aryl methyl sites for hydroxylation is 1. The lowest BCUT2D eigenvalue weighted by Crippen LogP contribution is -2.40. The molecule has 1 aromatic carbocycles. The molecule has 3 heterocycles. The van der Waals surface area contributed by atoms with Crippen LogP contribution in [0.1, 0.15) is 19.4 Å². The van der Waals surface area contributed by atoms with Gasteiger partial charge < -0.3 is 10.4 Å². The van der Waals surface area contributed by atoms with E-state index in [1.807, 2.05) is 6.92 Å². The van der Waals surface area contributed by atoms with E-state index < -0.39 is 27.3 Å². The maximum absolute atomic E-state index is 14.4. The molecule has 0 aliphatic heterocycles. The van der Waals surface area contributed by atoms with Crippen molar-refractivity contribution in [2.24, 2.45) is 0 Å². The molecule has 0 aliphatic carbocycles. The van der Waals surface area contributed by atoms with Crippen molar-refractivity contribution in [2.45, 2.75) is 31.2 Å². The first-order valence-electron chi connectivity index (χ1n) is 9.93. The molecule has 4 rings (SSSR count). The van der Waals surface area contributed by atoms with Crippen molar-refractivity contribution in [3.8, 4) is 11.4 Å². The Kier molecular flexibility index (Phi) is 5.78. The van der Waals surface area contributed by atoms with Crippen LogP contribution in [0.15, 0.2) is 53.8 Å². The van der Waals surface area contributed by atoms with Gasteiger partial charge in [0.25, 0.3) is 10.0 Å². The lowest BCUT2D eigenvalue weighted by molar-refractivity contribution is -0.141. The van der Waals surface area contributed by atoms with E-state index in [1.54, 1.807) is 12.1 Å². The predicted molar refractivity (Wildman–Crippen MR) is 125 cm³/mol. The Morgan fingerprint density at radius 2 is 1.85 bits per heavy atom. The number of halogens is 2. The molecule has 0 bridgehead atoms. The van der Waals surface area contributed by atoms with Gasteiger partial charge in [0.05, 0.1) is 16.1 Å². The van der Waals surface area contributed by atoms with Crippen LogP contribution in [0.3, 0.4) is 0 Å². The van der Waals surface area contributed by atoms with Crippen LogP contribution >= 0.6 is 11.6 Å². The molecule has 3 aromatic heterocycles. The number of hydrogen-bond acceptors (Lipinski definition) is 7. The maximum Gasteiger partial charge on any atom is 0.328 e. The quantitative estimate of drug-likeness (QED) is 0.402. The molecule has 0 saturated heterocycles. The average molecular weight is 504 g/mol. The topological polar surface area (TPSA) is 127 Å². The summed E-state index contributed by atoms with van der Waals surface area (Å²) in [5.41, 5.74) is -0.337. The van der Waals surface area contributed by atoms with Crippen molar-refractivity contribution >= 4 is 44.4 Å². The fourth-order valence-electron chi connectivity index (χ4n) is 3.17. The van der Waals surface area contributed by atoms with Gasteiger partial charge in [-0.05, 0) is 39.0 Å². The molecule has 2 N–H and O–H groups in total. The Balaban J connectivity index is 1.91. The van der Waals surface area contributed by atoms with Crippen molar-refractivity contribution in [3.05, 3.63) is 65.3 Å². The minimum Gasteiger partial charge on any atom is -0.480 e. The van der Waals surface area contributed by atoms with Gasteiger partial charge in [-0.2, -0.15) is 0 Å². The Morgan fingerprint density at radius 3 is 2.50 bits per heavy atom. The molecular weight excluding hydrogens is 485 g/mol. The summed E-state index contributed by atoms with van der Waals surface area (Å²) in [7, 11) is -4.05. The van der Waals surface area contributed by atoms with Crippen molar-refractivity contribution in [2.75, 3.05) is 5.32 Å². The molecule has 0 fully saturated rings. The zero-order valence-corrected chi connectivity index (χ0v) is 19.8. The van der Waals surface area contributed by atoms with Crippen molar-refractivity contribution < 1.29 is 22.7 Å². The van der Waals surface area contributed by atoms with E-state index >= 15 is 0 Å². The van der Waals surface area contributed by atoms with Crippen LogP contribution in [-0.2, 0) is 14.8 Å². The molecule has 0 unspecified atom stereocenters. The van der Waals surface area contributed by atoms with E-state index in [1.165, 1.54) is 44.4 Å². The Hall–Kier alpha value is -3.57. The number of carbonyl (C=O) groups is 1. The van der Waals surface area contributed by atoms with Gasteiger partial charge in [-0.15, -0.1) is 0 Å². The molecule has 0 amide bonds. The van der Waals surface area contributed by atoms with Crippen molar-refractivity contribution in [3.63, 3.8) is 0 Å². The SMILES string of the molecule is Cc1ccc(S(=O)(=O)n2cc(-c3ncc(F)c(NC(C)(C)C(=O)O)n3)c3cc(Cl)cnc32)cc1. The summed E-state index contributed by atoms with van der Waals surface area (Å²) in [4.78, 5) is 23.8. The van der Waals surface area contributed by atoms with Gasteiger partial charge in [-0.3, -0.25) is 0 Å². The first kappa shape index (κ1) is 23.6. The minimum absolute atomic E-state index is 0.0444. The highest BCUT2D eigenvalue weighted by Crippen LogP contribution is 2.33. The van der Waals surface area contributed by atoms with Gasteiger partial charge >= 0.3 is 5.97 Å². The summed E-state index contributed by atoms with van der Waals surface area (Å²) in [5.74, 6) is -2.49. The third-order valence-corrected chi connectivity index (χ3v) is 6.98. The van der Waals surface area contributed by atoms with Crippen LogP contribution in [0, 0.1) is 12.7 Å². The van der Waals surface area contributed by atoms with Crippen LogP contribution in [0.25, 0.3) is 22.4 Å². The van der Waals surface area contributed by atoms with Crippen molar-refractivity contribution in [1.82, 2.24) is 18.9 Å². The number of aromatic nitrogens is 4. The molecule has 0 spiro atoms. The number of rotatable bonds is 6. The van der Waals surface area contributed by atoms with Gasteiger partial charge in [-0.1, -0.05) is 29.3 Å². The van der Waals surface area contributed by atoms with E-state index in [-0.39, 0.29) is 32.8 Å². The summed E-state index contributed by atoms with van der Waals surface area (Å²) in [6.07, 6.45) is 3.46. The van der Waals surface area contributed by atoms with E-state index in [2.05, 4.69) is 20.3 Å². The highest BCUT2D eigenvalue weighted by molar-refractivity contribution is 7.90. The largest absolute Gasteiger partial charge is 0.480 e.